The summed E-state index contributed by atoms with van der Waals surface area (Å²) in [5.74, 6) is 1.99. The molecule has 6 heteroatoms. The summed E-state index contributed by atoms with van der Waals surface area (Å²) in [6.07, 6.45) is 2.10. The lowest BCUT2D eigenvalue weighted by Crippen LogP contribution is -2.26. The molecule has 1 unspecified atom stereocenters. The third kappa shape index (κ3) is 4.60. The minimum absolute atomic E-state index is 0.0254. The molecule has 3 rings (SSSR count). The van der Waals surface area contributed by atoms with E-state index in [0.29, 0.717) is 36.9 Å². The van der Waals surface area contributed by atoms with E-state index in [2.05, 4.69) is 4.98 Å². The molecule has 0 saturated carbocycles. The van der Waals surface area contributed by atoms with Gasteiger partial charge in [-0.15, -0.1) is 0 Å². The molecule has 0 N–H and O–H groups in total. The summed E-state index contributed by atoms with van der Waals surface area (Å²) in [5.41, 5.74) is 1.06. The van der Waals surface area contributed by atoms with Crippen LogP contribution in [0, 0.1) is 5.92 Å². The van der Waals surface area contributed by atoms with E-state index in [1.165, 1.54) is 11.8 Å². The minimum Gasteiger partial charge on any atom is -0.485 e. The van der Waals surface area contributed by atoms with Gasteiger partial charge in [0.15, 0.2) is 16.7 Å². The summed E-state index contributed by atoms with van der Waals surface area (Å²) in [7, 11) is 0. The molecule has 0 bridgehead atoms. The maximum atomic E-state index is 12.4. The maximum absolute atomic E-state index is 12.4. The van der Waals surface area contributed by atoms with Crippen LogP contribution in [0.3, 0.4) is 0 Å². The molecule has 1 fully saturated rings. The van der Waals surface area contributed by atoms with Crippen LogP contribution in [0.15, 0.2) is 48.7 Å². The molecule has 0 spiro atoms. The summed E-state index contributed by atoms with van der Waals surface area (Å²) in [4.78, 5) is 29.6. The van der Waals surface area contributed by atoms with E-state index in [9.17, 15) is 9.59 Å². The summed E-state index contributed by atoms with van der Waals surface area (Å²) in [6.45, 7) is 2.54. The summed E-state index contributed by atoms with van der Waals surface area (Å²) in [5, 5.41) is 0.0793. The van der Waals surface area contributed by atoms with Gasteiger partial charge in [-0.25, -0.2) is 4.98 Å². The van der Waals surface area contributed by atoms with Crippen LogP contribution in [0.4, 0.5) is 5.82 Å². The zero-order valence-corrected chi connectivity index (χ0v) is 14.9. The number of ether oxygens (including phenoxy) is 1. The number of benzene rings is 1. The van der Waals surface area contributed by atoms with Crippen molar-refractivity contribution in [1.82, 2.24) is 4.98 Å². The number of amides is 1. The topological polar surface area (TPSA) is 59.5 Å². The highest BCUT2D eigenvalue weighted by Crippen LogP contribution is 2.32. The Morgan fingerprint density at radius 1 is 1.28 bits per heavy atom. The van der Waals surface area contributed by atoms with E-state index in [0.717, 1.165) is 5.56 Å². The average molecular weight is 356 g/mol. The quantitative estimate of drug-likeness (QED) is 0.795. The van der Waals surface area contributed by atoms with Gasteiger partial charge in [0, 0.05) is 31.8 Å². The Morgan fingerprint density at radius 2 is 2.08 bits per heavy atom. The fourth-order valence-corrected chi connectivity index (χ4v) is 3.46. The van der Waals surface area contributed by atoms with Crippen LogP contribution in [0.1, 0.15) is 18.9 Å². The second kappa shape index (κ2) is 8.16. The van der Waals surface area contributed by atoms with Gasteiger partial charge in [-0.1, -0.05) is 42.1 Å². The van der Waals surface area contributed by atoms with Gasteiger partial charge < -0.3 is 4.74 Å². The maximum Gasteiger partial charge on any atom is 0.228 e. The minimum atomic E-state index is 0.0254. The molecular formula is C19H20N2O3S. The number of thioether (sulfide) groups is 1. The zero-order valence-electron chi connectivity index (χ0n) is 14.1. The van der Waals surface area contributed by atoms with Crippen molar-refractivity contribution in [3.05, 3.63) is 54.2 Å². The Labute approximate surface area is 151 Å². The average Bonchev–Trinajstić information content (AvgIpc) is 3.00. The number of anilines is 1. The fourth-order valence-electron chi connectivity index (χ4n) is 2.77. The second-order valence-electron chi connectivity index (χ2n) is 5.98. The molecule has 1 aliphatic heterocycles. The molecule has 1 saturated heterocycles. The second-order valence-corrected chi connectivity index (χ2v) is 7.17. The Hall–Kier alpha value is -2.34. The van der Waals surface area contributed by atoms with E-state index in [1.807, 2.05) is 36.4 Å². The molecular weight excluding hydrogens is 336 g/mol. The molecule has 1 aromatic carbocycles. The molecule has 1 amide bonds. The van der Waals surface area contributed by atoms with E-state index in [4.69, 9.17) is 4.74 Å². The lowest BCUT2D eigenvalue weighted by Gasteiger charge is -2.19. The number of aromatic nitrogens is 1. The predicted octanol–water partition coefficient (Wildman–Crippen LogP) is 3.29. The van der Waals surface area contributed by atoms with E-state index < -0.39 is 0 Å². The SMILES string of the molecule is CC(=O)SCC1CC(=O)N(c2ncccc2OCc2ccccc2)C1. The molecule has 130 valence electrons. The largest absolute Gasteiger partial charge is 0.485 e. The first kappa shape index (κ1) is 17.5. The van der Waals surface area contributed by atoms with E-state index >= 15 is 0 Å². The molecule has 1 aromatic heterocycles. The number of hydrogen-bond donors (Lipinski definition) is 0. The molecule has 25 heavy (non-hydrogen) atoms. The Kier molecular flexibility index (Phi) is 5.71. The lowest BCUT2D eigenvalue weighted by atomic mass is 10.1. The van der Waals surface area contributed by atoms with Crippen molar-refractivity contribution in [1.29, 1.82) is 0 Å². The Balaban J connectivity index is 1.70. The van der Waals surface area contributed by atoms with Crippen LogP contribution >= 0.6 is 11.8 Å². The molecule has 0 radical (unpaired) electrons. The molecule has 1 aliphatic rings. The smallest absolute Gasteiger partial charge is 0.228 e. The Morgan fingerprint density at radius 3 is 2.84 bits per heavy atom. The van der Waals surface area contributed by atoms with Gasteiger partial charge in [0.1, 0.15) is 6.61 Å². The zero-order chi connectivity index (χ0) is 17.6. The van der Waals surface area contributed by atoms with Gasteiger partial charge in [-0.3, -0.25) is 14.5 Å². The normalized spacial score (nSPS) is 16.9. The first-order chi connectivity index (χ1) is 12.1. The monoisotopic (exact) mass is 356 g/mol. The number of nitrogens with zero attached hydrogens (tertiary/aromatic N) is 2. The first-order valence-electron chi connectivity index (χ1n) is 8.19. The molecule has 5 nitrogen and oxygen atoms in total. The van der Waals surface area contributed by atoms with Gasteiger partial charge in [0.25, 0.3) is 0 Å². The van der Waals surface area contributed by atoms with Crippen LogP contribution in [0.25, 0.3) is 0 Å². The van der Waals surface area contributed by atoms with Crippen molar-refractivity contribution >= 4 is 28.6 Å². The van der Waals surface area contributed by atoms with Gasteiger partial charge in [-0.05, 0) is 23.6 Å². The molecule has 2 aromatic rings. The highest BCUT2D eigenvalue weighted by molar-refractivity contribution is 8.13. The van der Waals surface area contributed by atoms with Crippen molar-refractivity contribution < 1.29 is 14.3 Å². The molecule has 1 atom stereocenters. The van der Waals surface area contributed by atoms with Gasteiger partial charge in [-0.2, -0.15) is 0 Å². The van der Waals surface area contributed by atoms with Crippen molar-refractivity contribution in [3.8, 4) is 5.75 Å². The standard InChI is InChI=1S/C19H20N2O3S/c1-14(22)25-13-16-10-18(23)21(11-16)19-17(8-5-9-20-19)24-12-15-6-3-2-4-7-15/h2-9,16H,10-13H2,1H3. The van der Waals surface area contributed by atoms with Gasteiger partial charge in [0.2, 0.25) is 5.91 Å². The number of hydrogen-bond acceptors (Lipinski definition) is 5. The van der Waals surface area contributed by atoms with Crippen LogP contribution in [0.2, 0.25) is 0 Å². The molecule has 0 aliphatic carbocycles. The van der Waals surface area contributed by atoms with Crippen molar-refractivity contribution in [3.63, 3.8) is 0 Å². The van der Waals surface area contributed by atoms with Crippen LogP contribution < -0.4 is 9.64 Å². The number of carbonyl (C=O) groups excluding carboxylic acids is 2. The van der Waals surface area contributed by atoms with Crippen molar-refractivity contribution in [2.45, 2.75) is 20.0 Å². The highest BCUT2D eigenvalue weighted by Gasteiger charge is 2.33. The van der Waals surface area contributed by atoms with E-state index in [-0.39, 0.29) is 16.9 Å². The summed E-state index contributed by atoms with van der Waals surface area (Å²) < 4.78 is 5.90. The number of rotatable bonds is 6. The van der Waals surface area contributed by atoms with Crippen LogP contribution in [-0.4, -0.2) is 28.3 Å². The summed E-state index contributed by atoms with van der Waals surface area (Å²) >= 11 is 1.27. The van der Waals surface area contributed by atoms with Crippen molar-refractivity contribution in [2.24, 2.45) is 5.92 Å². The highest BCUT2D eigenvalue weighted by atomic mass is 32.2. The first-order valence-corrected chi connectivity index (χ1v) is 9.17. The number of carbonyl (C=O) groups is 2. The van der Waals surface area contributed by atoms with Crippen molar-refractivity contribution in [2.75, 3.05) is 17.2 Å². The third-order valence-corrected chi connectivity index (χ3v) is 5.02. The van der Waals surface area contributed by atoms with E-state index in [1.54, 1.807) is 24.1 Å². The van der Waals surface area contributed by atoms with Gasteiger partial charge in [0.05, 0.1) is 0 Å². The van der Waals surface area contributed by atoms with Crippen LogP contribution in [0.5, 0.6) is 5.75 Å². The predicted molar refractivity (Wildman–Crippen MR) is 98.6 cm³/mol. The van der Waals surface area contributed by atoms with Gasteiger partial charge >= 0.3 is 0 Å². The lowest BCUT2D eigenvalue weighted by molar-refractivity contribution is -0.117. The molecule has 2 heterocycles. The Bertz CT molecular complexity index is 751. The van der Waals surface area contributed by atoms with Crippen LogP contribution in [-0.2, 0) is 16.2 Å². The summed E-state index contributed by atoms with van der Waals surface area (Å²) in [6, 6.07) is 13.5. The fraction of sp³-hybridized carbons (Fsp3) is 0.316. The third-order valence-electron chi connectivity index (χ3n) is 3.97. The number of pyridine rings is 1.